The number of aromatic nitrogens is 4. The van der Waals surface area contributed by atoms with E-state index in [2.05, 4.69) is 174 Å². The molecule has 0 fully saturated rings. The molecular weight excluding hydrogens is 872 g/mol. The molecule has 0 amide bonds. The largest absolute Gasteiger partial charge is 0.510 e. The van der Waals surface area contributed by atoms with Gasteiger partial charge in [-0.25, -0.2) is 4.98 Å². The number of fused-ring (bicyclic) bond motifs is 12. The van der Waals surface area contributed by atoms with Gasteiger partial charge in [-0.15, -0.1) is 35.2 Å². The molecule has 0 bridgehead atoms. The summed E-state index contributed by atoms with van der Waals surface area (Å²) in [5, 5.41) is 2.23. The van der Waals surface area contributed by atoms with Gasteiger partial charge in [0.15, 0.2) is 0 Å². The quantitative estimate of drug-likeness (QED) is 0.128. The molecule has 9 aromatic rings. The molecular formula is C48H36N6OPt-2. The van der Waals surface area contributed by atoms with E-state index in [9.17, 15) is 0 Å². The van der Waals surface area contributed by atoms with Gasteiger partial charge in [-0.1, -0.05) is 77.9 Å². The van der Waals surface area contributed by atoms with Crippen LogP contribution >= 0.6 is 0 Å². The van der Waals surface area contributed by atoms with E-state index in [-0.39, 0.29) is 21.1 Å². The summed E-state index contributed by atoms with van der Waals surface area (Å²) in [6.07, 6.45) is 5.47. The number of ether oxygens (including phenoxy) is 1. The fraction of sp³-hybridized carbons (Fsp3) is 0.125. The molecule has 0 saturated heterocycles. The minimum Gasteiger partial charge on any atom is -0.510 e. The van der Waals surface area contributed by atoms with Crippen LogP contribution in [0.1, 0.15) is 22.3 Å². The Balaban J connectivity index is 0.00000384. The molecule has 1 spiro atoms. The smallest absolute Gasteiger partial charge is 0.242 e. The Bertz CT molecular complexity index is 2990. The van der Waals surface area contributed by atoms with Crippen molar-refractivity contribution in [2.45, 2.75) is 5.41 Å². The summed E-state index contributed by atoms with van der Waals surface area (Å²) in [6.45, 7) is 0. The van der Waals surface area contributed by atoms with Gasteiger partial charge >= 0.3 is 0 Å². The first-order valence-electron chi connectivity index (χ1n) is 18.5. The second-order valence-electron chi connectivity index (χ2n) is 14.9. The van der Waals surface area contributed by atoms with Crippen LogP contribution in [0.25, 0.3) is 55.5 Å². The average molecular weight is 908 g/mol. The fourth-order valence-corrected chi connectivity index (χ4v) is 9.41. The first-order valence-corrected chi connectivity index (χ1v) is 18.5. The molecule has 0 unspecified atom stereocenters. The summed E-state index contributed by atoms with van der Waals surface area (Å²) >= 11 is 0. The molecule has 4 heterocycles. The predicted molar refractivity (Wildman–Crippen MR) is 219 cm³/mol. The Morgan fingerprint density at radius 3 is 2.05 bits per heavy atom. The van der Waals surface area contributed by atoms with E-state index < -0.39 is 5.41 Å². The molecule has 6 aromatic carbocycles. The molecule has 0 N–H and O–H groups in total. The summed E-state index contributed by atoms with van der Waals surface area (Å²) < 4.78 is 13.2. The van der Waals surface area contributed by atoms with Crippen LogP contribution in [0.3, 0.4) is 0 Å². The van der Waals surface area contributed by atoms with Gasteiger partial charge in [-0.2, -0.15) is 12.1 Å². The second-order valence-corrected chi connectivity index (χ2v) is 14.9. The van der Waals surface area contributed by atoms with Crippen LogP contribution in [-0.4, -0.2) is 42.3 Å². The molecule has 8 heteroatoms. The number of para-hydroxylation sites is 2. The van der Waals surface area contributed by atoms with Gasteiger partial charge < -0.3 is 28.2 Å². The van der Waals surface area contributed by atoms with Crippen LogP contribution < -0.4 is 19.1 Å². The number of pyridine rings is 1. The molecule has 0 radical (unpaired) electrons. The third kappa shape index (κ3) is 4.49. The maximum Gasteiger partial charge on any atom is 0.242 e. The standard InChI is InChI=1S/C48H36N6O.Pt/c1-50(2)39-18-10-14-34-35-15-11-19-40(51(3)4)46(35)48(45(34)39)36-25-23-31(28-43(36)53-29-52(5)41-20-12-16-37(48)47(41)53)55-30-22-24-33-32-13-6-7-17-38(32)54(42(33)27-30)44-21-8-9-26-49-44;/h6-26H,1-5H3;/q-2;. The fourth-order valence-electron chi connectivity index (χ4n) is 9.41. The van der Waals surface area contributed by atoms with Crippen LogP contribution in [0.5, 0.6) is 11.5 Å². The van der Waals surface area contributed by atoms with Gasteiger partial charge in [-0.3, -0.25) is 0 Å². The van der Waals surface area contributed by atoms with Gasteiger partial charge in [-0.05, 0) is 63.5 Å². The van der Waals surface area contributed by atoms with Gasteiger partial charge in [0.1, 0.15) is 5.82 Å². The Hall–Kier alpha value is -6.17. The Morgan fingerprint density at radius 2 is 1.34 bits per heavy atom. The number of imidazole rings is 1. The van der Waals surface area contributed by atoms with E-state index in [1.807, 2.05) is 30.5 Å². The zero-order valence-electron chi connectivity index (χ0n) is 31.5. The molecule has 56 heavy (non-hydrogen) atoms. The zero-order chi connectivity index (χ0) is 37.2. The van der Waals surface area contributed by atoms with Gasteiger partial charge in [0, 0.05) is 89.3 Å². The molecule has 11 rings (SSSR count). The number of benzene rings is 6. The topological polar surface area (TPSA) is 42.3 Å². The van der Waals surface area contributed by atoms with Crippen molar-refractivity contribution in [1.29, 1.82) is 0 Å². The number of rotatable bonds is 5. The molecule has 0 atom stereocenters. The van der Waals surface area contributed by atoms with Crippen LogP contribution in [0.15, 0.2) is 128 Å². The zero-order valence-corrected chi connectivity index (χ0v) is 33.8. The van der Waals surface area contributed by atoms with E-state index in [1.54, 1.807) is 0 Å². The Kier molecular flexibility index (Phi) is 7.61. The van der Waals surface area contributed by atoms with Crippen molar-refractivity contribution in [3.8, 4) is 34.1 Å². The van der Waals surface area contributed by atoms with E-state index in [4.69, 9.17) is 9.72 Å². The number of anilines is 2. The maximum absolute atomic E-state index is 6.75. The van der Waals surface area contributed by atoms with Crippen LogP contribution in [-0.2, 0) is 33.5 Å². The number of hydrogen-bond acceptors (Lipinski definition) is 4. The number of nitrogens with zero attached hydrogens (tertiary/aromatic N) is 6. The van der Waals surface area contributed by atoms with E-state index >= 15 is 0 Å². The van der Waals surface area contributed by atoms with E-state index in [1.165, 1.54) is 39.2 Å². The normalized spacial score (nSPS) is 13.1. The predicted octanol–water partition coefficient (Wildman–Crippen LogP) is 8.95. The number of aryl methyl sites for hydroxylation is 1. The average Bonchev–Trinajstić information content (AvgIpc) is 3.83. The number of hydrogen-bond donors (Lipinski definition) is 0. The summed E-state index contributed by atoms with van der Waals surface area (Å²) in [7, 11) is 10.6. The summed E-state index contributed by atoms with van der Waals surface area (Å²) in [5.74, 6) is 2.03. The summed E-state index contributed by atoms with van der Waals surface area (Å²) in [4.78, 5) is 9.20. The van der Waals surface area contributed by atoms with Crippen LogP contribution in [0.4, 0.5) is 11.4 Å². The van der Waals surface area contributed by atoms with Crippen molar-refractivity contribution in [1.82, 2.24) is 14.1 Å². The SMILES string of the molecule is CN(C)c1cccc2c1C1(c3ccc(Oc4[c-]c5c(cc4)c4ccccc4n5-c4ccccn4)[c-]c3-n3[c-][n+](C)c4cccc1c43)c1c-2cccc1N(C)C.[Pt]. The van der Waals surface area contributed by atoms with Crippen molar-refractivity contribution in [2.24, 2.45) is 7.05 Å². The minimum atomic E-state index is -0.653. The molecule has 3 aromatic heterocycles. The second kappa shape index (κ2) is 12.4. The maximum atomic E-state index is 6.75. The summed E-state index contributed by atoms with van der Waals surface area (Å²) in [6, 6.07) is 50.3. The van der Waals surface area contributed by atoms with Gasteiger partial charge in [0.2, 0.25) is 6.33 Å². The molecule has 1 aliphatic heterocycles. The van der Waals surface area contributed by atoms with E-state index in [0.717, 1.165) is 49.9 Å². The summed E-state index contributed by atoms with van der Waals surface area (Å²) in [5.41, 5.74) is 14.2. The molecule has 0 saturated carbocycles. The van der Waals surface area contributed by atoms with Crippen molar-refractivity contribution >= 4 is 44.2 Å². The molecule has 7 nitrogen and oxygen atoms in total. The van der Waals surface area contributed by atoms with Gasteiger partial charge in [0.05, 0.1) is 18.1 Å². The minimum absolute atomic E-state index is 0. The first-order chi connectivity index (χ1) is 26.9. The molecule has 2 aliphatic rings. The Morgan fingerprint density at radius 1 is 0.661 bits per heavy atom. The Labute approximate surface area is 339 Å². The third-order valence-corrected chi connectivity index (χ3v) is 11.5. The molecule has 1 aliphatic carbocycles. The van der Waals surface area contributed by atoms with Crippen LogP contribution in [0, 0.1) is 18.5 Å². The van der Waals surface area contributed by atoms with Crippen molar-refractivity contribution in [2.75, 3.05) is 38.0 Å². The van der Waals surface area contributed by atoms with Crippen molar-refractivity contribution in [3.05, 3.63) is 168 Å². The molecule has 276 valence electrons. The van der Waals surface area contributed by atoms with Crippen molar-refractivity contribution in [3.63, 3.8) is 0 Å². The van der Waals surface area contributed by atoms with Gasteiger partial charge in [0.25, 0.3) is 0 Å². The first kappa shape index (κ1) is 34.3. The van der Waals surface area contributed by atoms with E-state index in [0.29, 0.717) is 11.5 Å². The van der Waals surface area contributed by atoms with Crippen molar-refractivity contribution < 1.29 is 30.4 Å². The third-order valence-electron chi connectivity index (χ3n) is 11.5. The monoisotopic (exact) mass is 907 g/mol. The van der Waals surface area contributed by atoms with Crippen LogP contribution in [0.2, 0.25) is 0 Å².